The molecule has 25 heavy (non-hydrogen) atoms. The van der Waals surface area contributed by atoms with E-state index in [4.69, 9.17) is 20.8 Å². The SMILES string of the molecule is COC(CN(C)N)c1ccc2ccccc2c1.O=C(O)/C=C\C(=O)O. The fourth-order valence-electron chi connectivity index (χ4n) is 2.13. The Labute approximate surface area is 145 Å². The van der Waals surface area contributed by atoms with Crippen molar-refractivity contribution in [1.82, 2.24) is 5.01 Å². The molecule has 0 fully saturated rings. The van der Waals surface area contributed by atoms with Crippen LogP contribution in [0.5, 0.6) is 0 Å². The molecule has 0 heterocycles. The van der Waals surface area contributed by atoms with Crippen LogP contribution in [0.15, 0.2) is 54.6 Å². The van der Waals surface area contributed by atoms with Crippen LogP contribution < -0.4 is 5.84 Å². The van der Waals surface area contributed by atoms with E-state index in [1.54, 1.807) is 12.1 Å². The average Bonchev–Trinajstić information content (AvgIpc) is 2.58. The van der Waals surface area contributed by atoms with Crippen molar-refractivity contribution >= 4 is 22.7 Å². The summed E-state index contributed by atoms with van der Waals surface area (Å²) in [5.41, 5.74) is 1.16. The van der Waals surface area contributed by atoms with Crippen LogP contribution in [0.4, 0.5) is 0 Å². The molecule has 0 saturated carbocycles. The summed E-state index contributed by atoms with van der Waals surface area (Å²) in [6.45, 7) is 0.675. The molecule has 0 bridgehead atoms. The molecule has 2 rings (SSSR count). The molecule has 0 aliphatic rings. The molecular formula is C18H22N2O5. The van der Waals surface area contributed by atoms with Crippen LogP contribution in [0.1, 0.15) is 11.7 Å². The number of nitrogens with two attached hydrogens (primary N) is 1. The summed E-state index contributed by atoms with van der Waals surface area (Å²) in [7, 11) is 3.55. The molecule has 0 saturated heterocycles. The van der Waals surface area contributed by atoms with Gasteiger partial charge in [-0.3, -0.25) is 5.84 Å². The van der Waals surface area contributed by atoms with E-state index in [0.717, 1.165) is 5.56 Å². The lowest BCUT2D eigenvalue weighted by Gasteiger charge is -2.20. The van der Waals surface area contributed by atoms with E-state index in [1.807, 2.05) is 19.2 Å². The lowest BCUT2D eigenvalue weighted by atomic mass is 10.0. The first-order valence-electron chi connectivity index (χ1n) is 7.44. The van der Waals surface area contributed by atoms with Crippen LogP contribution in [-0.4, -0.2) is 47.9 Å². The van der Waals surface area contributed by atoms with Gasteiger partial charge in [-0.1, -0.05) is 36.4 Å². The fraction of sp³-hybridized carbons (Fsp3) is 0.222. The van der Waals surface area contributed by atoms with Gasteiger partial charge in [0.15, 0.2) is 0 Å². The van der Waals surface area contributed by atoms with E-state index < -0.39 is 11.9 Å². The van der Waals surface area contributed by atoms with E-state index in [-0.39, 0.29) is 6.10 Å². The van der Waals surface area contributed by atoms with Crippen molar-refractivity contribution in [3.63, 3.8) is 0 Å². The summed E-state index contributed by atoms with van der Waals surface area (Å²) in [6, 6.07) is 14.7. The Morgan fingerprint density at radius 1 is 1.12 bits per heavy atom. The number of hydrogen-bond donors (Lipinski definition) is 3. The van der Waals surface area contributed by atoms with Crippen LogP contribution in [0.2, 0.25) is 0 Å². The summed E-state index contributed by atoms with van der Waals surface area (Å²) >= 11 is 0. The number of carbonyl (C=O) groups is 2. The number of methoxy groups -OCH3 is 1. The van der Waals surface area contributed by atoms with Crippen molar-refractivity contribution in [2.75, 3.05) is 20.7 Å². The van der Waals surface area contributed by atoms with Crippen LogP contribution in [-0.2, 0) is 14.3 Å². The number of carboxylic acids is 2. The Hall–Kier alpha value is -2.74. The van der Waals surface area contributed by atoms with Gasteiger partial charge >= 0.3 is 11.9 Å². The number of rotatable bonds is 6. The maximum Gasteiger partial charge on any atom is 0.328 e. The predicted molar refractivity (Wildman–Crippen MR) is 94.9 cm³/mol. The predicted octanol–water partition coefficient (Wildman–Crippen LogP) is 2.04. The second-order valence-corrected chi connectivity index (χ2v) is 5.28. The summed E-state index contributed by atoms with van der Waals surface area (Å²) in [6.07, 6.45) is 1.12. The van der Waals surface area contributed by atoms with Gasteiger partial charge in [-0.15, -0.1) is 0 Å². The van der Waals surface area contributed by atoms with E-state index in [2.05, 4.69) is 30.3 Å². The Bertz CT molecular complexity index is 727. The third-order valence-electron chi connectivity index (χ3n) is 3.25. The molecule has 1 atom stereocenters. The van der Waals surface area contributed by atoms with E-state index in [9.17, 15) is 9.59 Å². The topological polar surface area (TPSA) is 113 Å². The van der Waals surface area contributed by atoms with Crippen molar-refractivity contribution in [2.24, 2.45) is 5.84 Å². The van der Waals surface area contributed by atoms with Gasteiger partial charge < -0.3 is 14.9 Å². The van der Waals surface area contributed by atoms with Gasteiger partial charge in [0, 0.05) is 32.9 Å². The van der Waals surface area contributed by atoms with Crippen LogP contribution in [0.3, 0.4) is 0 Å². The van der Waals surface area contributed by atoms with E-state index in [0.29, 0.717) is 18.7 Å². The third kappa shape index (κ3) is 7.58. The molecule has 2 aromatic carbocycles. The maximum absolute atomic E-state index is 9.55. The number of aliphatic carboxylic acids is 2. The van der Waals surface area contributed by atoms with Gasteiger partial charge in [-0.05, 0) is 22.4 Å². The lowest BCUT2D eigenvalue weighted by Crippen LogP contribution is -2.31. The van der Waals surface area contributed by atoms with Gasteiger partial charge in [0.1, 0.15) is 0 Å². The van der Waals surface area contributed by atoms with E-state index in [1.165, 1.54) is 10.8 Å². The summed E-state index contributed by atoms with van der Waals surface area (Å²) in [5, 5.41) is 19.7. The molecule has 0 spiro atoms. The number of nitrogens with zero attached hydrogens (tertiary/aromatic N) is 1. The van der Waals surface area contributed by atoms with Crippen LogP contribution in [0.25, 0.3) is 10.8 Å². The zero-order chi connectivity index (χ0) is 18.8. The Morgan fingerprint density at radius 3 is 2.16 bits per heavy atom. The standard InChI is InChI=1S/C14H18N2O.C4H4O4/c1-16(15)10-14(17-2)13-8-7-11-5-3-4-6-12(11)9-13;5-3(6)1-2-4(7)8/h3-9,14H,10,15H2,1-2H3;1-2H,(H,5,6)(H,7,8)/b;2-1-. The highest BCUT2D eigenvalue weighted by molar-refractivity contribution is 5.89. The molecule has 0 aliphatic carbocycles. The first-order chi connectivity index (χ1) is 11.8. The molecule has 4 N–H and O–H groups in total. The molecule has 7 nitrogen and oxygen atoms in total. The first-order valence-corrected chi connectivity index (χ1v) is 7.44. The monoisotopic (exact) mass is 346 g/mol. The number of hydrazine groups is 1. The zero-order valence-electron chi connectivity index (χ0n) is 14.1. The molecule has 1 unspecified atom stereocenters. The number of ether oxygens (including phenoxy) is 1. The van der Waals surface area contributed by atoms with Crippen LogP contribution in [0, 0.1) is 0 Å². The molecule has 2 aromatic rings. The number of hydrogen-bond acceptors (Lipinski definition) is 5. The average molecular weight is 346 g/mol. The van der Waals surface area contributed by atoms with Crippen molar-refractivity contribution in [2.45, 2.75) is 6.10 Å². The van der Waals surface area contributed by atoms with Gasteiger partial charge in [0.2, 0.25) is 0 Å². The smallest absolute Gasteiger partial charge is 0.328 e. The van der Waals surface area contributed by atoms with Gasteiger partial charge in [-0.25, -0.2) is 14.6 Å². The zero-order valence-corrected chi connectivity index (χ0v) is 14.1. The number of fused-ring (bicyclic) bond motifs is 1. The Balaban J connectivity index is 0.000000333. The minimum atomic E-state index is -1.26. The molecule has 0 aliphatic heterocycles. The van der Waals surface area contributed by atoms with Crippen molar-refractivity contribution in [1.29, 1.82) is 0 Å². The highest BCUT2D eigenvalue weighted by Crippen LogP contribution is 2.22. The largest absolute Gasteiger partial charge is 0.478 e. The Morgan fingerprint density at radius 2 is 1.68 bits per heavy atom. The molecule has 7 heteroatoms. The summed E-state index contributed by atoms with van der Waals surface area (Å²) in [4.78, 5) is 19.1. The number of carboxylic acid groups (broad SMARTS) is 2. The van der Waals surface area contributed by atoms with Crippen LogP contribution >= 0.6 is 0 Å². The Kier molecular flexibility index (Phi) is 8.28. The maximum atomic E-state index is 9.55. The normalized spacial score (nSPS) is 12.0. The molecular weight excluding hydrogens is 324 g/mol. The molecule has 0 aromatic heterocycles. The lowest BCUT2D eigenvalue weighted by molar-refractivity contribution is -0.134. The number of likely N-dealkylation sites (N-methyl/N-ethyl adjacent to an activating group) is 1. The number of benzene rings is 2. The highest BCUT2D eigenvalue weighted by atomic mass is 16.5. The highest BCUT2D eigenvalue weighted by Gasteiger charge is 2.12. The second kappa shape index (κ2) is 10.2. The van der Waals surface area contributed by atoms with Crippen molar-refractivity contribution in [3.05, 3.63) is 60.2 Å². The molecule has 0 radical (unpaired) electrons. The quantitative estimate of drug-likeness (QED) is 0.417. The van der Waals surface area contributed by atoms with Crippen molar-refractivity contribution < 1.29 is 24.5 Å². The van der Waals surface area contributed by atoms with E-state index >= 15 is 0 Å². The third-order valence-corrected chi connectivity index (χ3v) is 3.25. The first kappa shape index (κ1) is 20.3. The summed E-state index contributed by atoms with van der Waals surface area (Å²) < 4.78 is 5.47. The van der Waals surface area contributed by atoms with Gasteiger partial charge in [-0.2, -0.15) is 0 Å². The van der Waals surface area contributed by atoms with Crippen molar-refractivity contribution in [3.8, 4) is 0 Å². The van der Waals surface area contributed by atoms with Gasteiger partial charge in [0.25, 0.3) is 0 Å². The fourth-order valence-corrected chi connectivity index (χ4v) is 2.13. The minimum Gasteiger partial charge on any atom is -0.478 e. The second-order valence-electron chi connectivity index (χ2n) is 5.28. The minimum absolute atomic E-state index is 0.00889. The molecule has 0 amide bonds. The summed E-state index contributed by atoms with van der Waals surface area (Å²) in [5.74, 6) is 3.16. The molecule has 134 valence electrons. The van der Waals surface area contributed by atoms with Gasteiger partial charge in [0.05, 0.1) is 6.10 Å².